The Morgan fingerprint density at radius 3 is 2.69 bits per heavy atom. The number of nitrogens with two attached hydrogens (primary N) is 1. The van der Waals surface area contributed by atoms with E-state index in [1.165, 1.54) is 24.9 Å². The SMILES string of the molecule is CC1(C)CCCN1Cc1cccc(N)c1.Cl. The van der Waals surface area contributed by atoms with Crippen LogP contribution in [0.25, 0.3) is 0 Å². The lowest BCUT2D eigenvalue weighted by molar-refractivity contribution is 0.166. The van der Waals surface area contributed by atoms with Crippen molar-refractivity contribution in [3.63, 3.8) is 0 Å². The predicted molar refractivity (Wildman–Crippen MR) is 71.8 cm³/mol. The molecule has 0 atom stereocenters. The van der Waals surface area contributed by atoms with Crippen LogP contribution in [0.15, 0.2) is 24.3 Å². The number of likely N-dealkylation sites (tertiary alicyclic amines) is 1. The Hall–Kier alpha value is -0.730. The smallest absolute Gasteiger partial charge is 0.0317 e. The van der Waals surface area contributed by atoms with Crippen molar-refractivity contribution in [2.24, 2.45) is 0 Å². The maximum Gasteiger partial charge on any atom is 0.0317 e. The van der Waals surface area contributed by atoms with Crippen LogP contribution < -0.4 is 5.73 Å². The van der Waals surface area contributed by atoms with Crippen molar-refractivity contribution >= 4 is 18.1 Å². The molecule has 90 valence electrons. The summed E-state index contributed by atoms with van der Waals surface area (Å²) in [6.45, 7) is 6.89. The van der Waals surface area contributed by atoms with E-state index in [1.54, 1.807) is 0 Å². The zero-order chi connectivity index (χ0) is 10.9. The van der Waals surface area contributed by atoms with Crippen molar-refractivity contribution in [2.45, 2.75) is 38.8 Å². The van der Waals surface area contributed by atoms with Gasteiger partial charge in [-0.05, 0) is 50.9 Å². The van der Waals surface area contributed by atoms with Crippen molar-refractivity contribution < 1.29 is 0 Å². The van der Waals surface area contributed by atoms with Gasteiger partial charge in [0.2, 0.25) is 0 Å². The average Bonchev–Trinajstić information content (AvgIpc) is 2.46. The van der Waals surface area contributed by atoms with Crippen LogP contribution in [-0.4, -0.2) is 17.0 Å². The number of anilines is 1. The number of rotatable bonds is 2. The number of benzene rings is 1. The molecule has 0 saturated carbocycles. The number of nitrogens with zero attached hydrogens (tertiary/aromatic N) is 1. The first kappa shape index (κ1) is 13.3. The molecule has 0 bridgehead atoms. The molecule has 1 aliphatic rings. The molecule has 1 heterocycles. The fourth-order valence-electron chi connectivity index (χ4n) is 2.37. The van der Waals surface area contributed by atoms with Crippen molar-refractivity contribution in [1.29, 1.82) is 0 Å². The summed E-state index contributed by atoms with van der Waals surface area (Å²) >= 11 is 0. The first-order valence-corrected chi connectivity index (χ1v) is 5.67. The molecule has 0 aliphatic carbocycles. The van der Waals surface area contributed by atoms with Crippen LogP contribution in [0.1, 0.15) is 32.3 Å². The van der Waals surface area contributed by atoms with Crippen molar-refractivity contribution in [2.75, 3.05) is 12.3 Å². The number of halogens is 1. The van der Waals surface area contributed by atoms with Gasteiger partial charge in [0.05, 0.1) is 0 Å². The quantitative estimate of drug-likeness (QED) is 0.806. The van der Waals surface area contributed by atoms with E-state index in [9.17, 15) is 0 Å². The van der Waals surface area contributed by atoms with Gasteiger partial charge in [-0.3, -0.25) is 4.90 Å². The van der Waals surface area contributed by atoms with Crippen LogP contribution in [0.5, 0.6) is 0 Å². The van der Waals surface area contributed by atoms with E-state index in [4.69, 9.17) is 5.73 Å². The molecule has 0 unspecified atom stereocenters. The summed E-state index contributed by atoms with van der Waals surface area (Å²) < 4.78 is 0. The monoisotopic (exact) mass is 240 g/mol. The highest BCUT2D eigenvalue weighted by molar-refractivity contribution is 5.85. The summed E-state index contributed by atoms with van der Waals surface area (Å²) in [6, 6.07) is 8.21. The Balaban J connectivity index is 0.00000128. The van der Waals surface area contributed by atoms with Gasteiger partial charge in [0.15, 0.2) is 0 Å². The lowest BCUT2D eigenvalue weighted by Crippen LogP contribution is -2.37. The van der Waals surface area contributed by atoms with E-state index in [-0.39, 0.29) is 12.4 Å². The van der Waals surface area contributed by atoms with Gasteiger partial charge in [-0.25, -0.2) is 0 Å². The summed E-state index contributed by atoms with van der Waals surface area (Å²) in [7, 11) is 0. The average molecular weight is 241 g/mol. The van der Waals surface area contributed by atoms with E-state index in [1.807, 2.05) is 12.1 Å². The van der Waals surface area contributed by atoms with Gasteiger partial charge < -0.3 is 5.73 Å². The second-order valence-electron chi connectivity index (χ2n) is 5.08. The molecular formula is C13H21ClN2. The lowest BCUT2D eigenvalue weighted by atomic mass is 10.0. The highest BCUT2D eigenvalue weighted by Crippen LogP contribution is 2.29. The van der Waals surface area contributed by atoms with Gasteiger partial charge >= 0.3 is 0 Å². The number of hydrogen-bond donors (Lipinski definition) is 1. The standard InChI is InChI=1S/C13H20N2.ClH/c1-13(2)7-4-8-15(13)10-11-5-3-6-12(14)9-11;/h3,5-6,9H,4,7-8,10,14H2,1-2H3;1H. The molecule has 1 aromatic carbocycles. The molecule has 0 amide bonds. The van der Waals surface area contributed by atoms with Gasteiger partial charge in [-0.1, -0.05) is 12.1 Å². The van der Waals surface area contributed by atoms with Crippen LogP contribution >= 0.6 is 12.4 Å². The Labute approximate surface area is 104 Å². The maximum atomic E-state index is 5.78. The highest BCUT2D eigenvalue weighted by Gasteiger charge is 2.31. The van der Waals surface area contributed by atoms with Crippen LogP contribution in [0.3, 0.4) is 0 Å². The van der Waals surface area contributed by atoms with E-state index >= 15 is 0 Å². The van der Waals surface area contributed by atoms with E-state index in [2.05, 4.69) is 30.9 Å². The summed E-state index contributed by atoms with van der Waals surface area (Å²) in [5, 5.41) is 0. The van der Waals surface area contributed by atoms with E-state index < -0.39 is 0 Å². The molecule has 2 rings (SSSR count). The van der Waals surface area contributed by atoms with Crippen molar-refractivity contribution in [3.05, 3.63) is 29.8 Å². The van der Waals surface area contributed by atoms with E-state index in [0.717, 1.165) is 12.2 Å². The van der Waals surface area contributed by atoms with Crippen molar-refractivity contribution in [1.82, 2.24) is 4.90 Å². The molecule has 0 spiro atoms. The molecular weight excluding hydrogens is 220 g/mol. The largest absolute Gasteiger partial charge is 0.399 e. The minimum absolute atomic E-state index is 0. The third-order valence-electron chi connectivity index (χ3n) is 3.40. The summed E-state index contributed by atoms with van der Waals surface area (Å²) in [5.41, 5.74) is 8.32. The zero-order valence-electron chi connectivity index (χ0n) is 10.1. The molecule has 16 heavy (non-hydrogen) atoms. The molecule has 2 N–H and O–H groups in total. The number of nitrogen functional groups attached to an aromatic ring is 1. The molecule has 1 saturated heterocycles. The number of hydrogen-bond acceptors (Lipinski definition) is 2. The van der Waals surface area contributed by atoms with Gasteiger partial charge in [-0.2, -0.15) is 0 Å². The van der Waals surface area contributed by atoms with Crippen LogP contribution in [0.2, 0.25) is 0 Å². The molecule has 1 fully saturated rings. The van der Waals surface area contributed by atoms with Crippen molar-refractivity contribution in [3.8, 4) is 0 Å². The topological polar surface area (TPSA) is 29.3 Å². The minimum Gasteiger partial charge on any atom is -0.399 e. The predicted octanol–water partition coefficient (Wildman–Crippen LogP) is 3.07. The second-order valence-corrected chi connectivity index (χ2v) is 5.08. The maximum absolute atomic E-state index is 5.78. The Morgan fingerprint density at radius 2 is 2.12 bits per heavy atom. The summed E-state index contributed by atoms with van der Waals surface area (Å²) in [4.78, 5) is 2.54. The van der Waals surface area contributed by atoms with Crippen LogP contribution in [0, 0.1) is 0 Å². The molecule has 0 radical (unpaired) electrons. The third-order valence-corrected chi connectivity index (χ3v) is 3.40. The summed E-state index contributed by atoms with van der Waals surface area (Å²) in [6.07, 6.45) is 2.62. The van der Waals surface area contributed by atoms with Crippen LogP contribution in [0.4, 0.5) is 5.69 Å². The van der Waals surface area contributed by atoms with Crippen LogP contribution in [-0.2, 0) is 6.54 Å². The molecule has 0 aromatic heterocycles. The van der Waals surface area contributed by atoms with Gasteiger partial charge in [0, 0.05) is 17.8 Å². The van der Waals surface area contributed by atoms with Gasteiger partial charge in [0.25, 0.3) is 0 Å². The third kappa shape index (κ3) is 2.89. The fourth-order valence-corrected chi connectivity index (χ4v) is 2.37. The van der Waals surface area contributed by atoms with Gasteiger partial charge in [0.1, 0.15) is 0 Å². The molecule has 3 heteroatoms. The first-order chi connectivity index (χ1) is 7.08. The summed E-state index contributed by atoms with van der Waals surface area (Å²) in [5.74, 6) is 0. The fraction of sp³-hybridized carbons (Fsp3) is 0.538. The first-order valence-electron chi connectivity index (χ1n) is 5.67. The lowest BCUT2D eigenvalue weighted by Gasteiger charge is -2.31. The van der Waals surface area contributed by atoms with Gasteiger partial charge in [-0.15, -0.1) is 12.4 Å². The Kier molecular flexibility index (Phi) is 4.22. The highest BCUT2D eigenvalue weighted by atomic mass is 35.5. The minimum atomic E-state index is 0. The molecule has 1 aromatic rings. The Bertz CT molecular complexity index is 350. The molecule has 1 aliphatic heterocycles. The Morgan fingerprint density at radius 1 is 1.38 bits per heavy atom. The zero-order valence-corrected chi connectivity index (χ0v) is 10.9. The molecule has 2 nitrogen and oxygen atoms in total. The second kappa shape index (κ2) is 5.07. The normalized spacial score (nSPS) is 19.4. The van der Waals surface area contributed by atoms with E-state index in [0.29, 0.717) is 5.54 Å².